The van der Waals surface area contributed by atoms with E-state index in [1.165, 1.54) is 12.1 Å². The van der Waals surface area contributed by atoms with Crippen LogP contribution < -0.4 is 10.5 Å². The molecule has 3 aromatic rings. The average molecular weight is 387 g/mol. The van der Waals surface area contributed by atoms with Crippen LogP contribution in [0.4, 0.5) is 11.4 Å². The summed E-state index contributed by atoms with van der Waals surface area (Å²) in [5.41, 5.74) is 2.35. The highest BCUT2D eigenvalue weighted by Gasteiger charge is 2.19. The van der Waals surface area contributed by atoms with Crippen molar-refractivity contribution >= 4 is 21.4 Å². The highest BCUT2D eigenvalue weighted by Crippen LogP contribution is 2.29. The van der Waals surface area contributed by atoms with Crippen LogP contribution in [0.2, 0.25) is 0 Å². The van der Waals surface area contributed by atoms with Crippen molar-refractivity contribution in [2.75, 3.05) is 5.32 Å². The fourth-order valence-corrected chi connectivity index (χ4v) is 3.22. The molecule has 0 spiro atoms. The van der Waals surface area contributed by atoms with E-state index >= 15 is 0 Å². The number of nitrogens with one attached hydrogen (secondary N) is 1. The number of rotatable bonds is 6. The van der Waals surface area contributed by atoms with E-state index < -0.39 is 14.9 Å². The minimum Gasteiger partial charge on any atom is -0.375 e. The third-order valence-corrected chi connectivity index (χ3v) is 4.83. The zero-order chi connectivity index (χ0) is 19.6. The highest BCUT2D eigenvalue weighted by atomic mass is 32.2. The van der Waals surface area contributed by atoms with Crippen LogP contribution in [0.25, 0.3) is 11.3 Å². The monoisotopic (exact) mass is 387 g/mol. The molecule has 9 nitrogen and oxygen atoms in total. The number of nitrogens with zero attached hydrogens (tertiary/aromatic N) is 3. The molecule has 0 aliphatic carbocycles. The van der Waals surface area contributed by atoms with Crippen LogP contribution in [0, 0.1) is 10.1 Å². The molecule has 1 heterocycles. The van der Waals surface area contributed by atoms with Crippen molar-refractivity contribution in [3.63, 3.8) is 0 Å². The lowest BCUT2D eigenvalue weighted by Crippen LogP contribution is -2.13. The summed E-state index contributed by atoms with van der Waals surface area (Å²) in [6.07, 6.45) is 1.82. The smallest absolute Gasteiger partial charge is 0.293 e. The van der Waals surface area contributed by atoms with Gasteiger partial charge in [0.15, 0.2) is 0 Å². The number of benzene rings is 2. The van der Waals surface area contributed by atoms with Gasteiger partial charge in [0.05, 0.1) is 15.5 Å². The summed E-state index contributed by atoms with van der Waals surface area (Å²) in [4.78, 5) is 10.4. The van der Waals surface area contributed by atoms with Gasteiger partial charge in [-0.15, -0.1) is 0 Å². The molecule has 0 atom stereocenters. The molecule has 0 fully saturated rings. The second-order valence-corrected chi connectivity index (χ2v) is 7.44. The minimum absolute atomic E-state index is 0.190. The van der Waals surface area contributed by atoms with Gasteiger partial charge in [0.1, 0.15) is 5.69 Å². The van der Waals surface area contributed by atoms with Crippen LogP contribution in [0.15, 0.2) is 59.6 Å². The van der Waals surface area contributed by atoms with Crippen molar-refractivity contribution in [2.45, 2.75) is 11.4 Å². The van der Waals surface area contributed by atoms with Gasteiger partial charge in [-0.1, -0.05) is 30.3 Å². The molecule has 0 aliphatic rings. The third kappa shape index (κ3) is 4.13. The number of nitro benzene ring substituents is 1. The summed E-state index contributed by atoms with van der Waals surface area (Å²) < 4.78 is 24.5. The topological polar surface area (TPSA) is 133 Å². The first-order valence-electron chi connectivity index (χ1n) is 7.89. The van der Waals surface area contributed by atoms with Crippen LogP contribution in [0.3, 0.4) is 0 Å². The lowest BCUT2D eigenvalue weighted by atomic mass is 10.1. The molecule has 0 bridgehead atoms. The summed E-state index contributed by atoms with van der Waals surface area (Å²) >= 11 is 0. The molecule has 27 heavy (non-hydrogen) atoms. The van der Waals surface area contributed by atoms with Crippen molar-refractivity contribution in [3.8, 4) is 11.3 Å². The van der Waals surface area contributed by atoms with Gasteiger partial charge in [-0.25, -0.2) is 13.6 Å². The predicted molar refractivity (Wildman–Crippen MR) is 100 cm³/mol. The number of hydrogen-bond acceptors (Lipinski definition) is 6. The van der Waals surface area contributed by atoms with E-state index in [1.807, 2.05) is 36.5 Å². The third-order valence-electron chi connectivity index (χ3n) is 3.92. The molecular formula is C17H17N5O4S. The summed E-state index contributed by atoms with van der Waals surface area (Å²) in [6, 6.07) is 13.1. The second kappa shape index (κ2) is 7.17. The Morgan fingerprint density at radius 3 is 2.56 bits per heavy atom. The number of sulfonamides is 1. The van der Waals surface area contributed by atoms with Gasteiger partial charge < -0.3 is 5.32 Å². The molecule has 0 saturated carbocycles. The first kappa shape index (κ1) is 18.5. The summed E-state index contributed by atoms with van der Waals surface area (Å²) in [7, 11) is -2.24. The van der Waals surface area contributed by atoms with E-state index in [0.717, 1.165) is 22.9 Å². The summed E-state index contributed by atoms with van der Waals surface area (Å²) in [6.45, 7) is 0.271. The molecular weight excluding hydrogens is 370 g/mol. The number of nitro groups is 1. The van der Waals surface area contributed by atoms with E-state index in [2.05, 4.69) is 10.4 Å². The maximum absolute atomic E-state index is 11.4. The highest BCUT2D eigenvalue weighted by molar-refractivity contribution is 7.89. The number of nitrogens with two attached hydrogens (primary N) is 1. The fourth-order valence-electron chi connectivity index (χ4n) is 2.69. The Morgan fingerprint density at radius 1 is 1.22 bits per heavy atom. The molecule has 140 valence electrons. The molecule has 0 radical (unpaired) electrons. The van der Waals surface area contributed by atoms with Gasteiger partial charge in [0.25, 0.3) is 5.69 Å². The first-order chi connectivity index (χ1) is 12.8. The molecule has 0 saturated heterocycles. The Balaban J connectivity index is 1.91. The minimum atomic E-state index is -4.03. The lowest BCUT2D eigenvalue weighted by molar-refractivity contribution is -0.384. The van der Waals surface area contributed by atoms with Crippen molar-refractivity contribution in [1.82, 2.24) is 9.78 Å². The molecule has 2 aromatic carbocycles. The van der Waals surface area contributed by atoms with E-state index in [-0.39, 0.29) is 22.8 Å². The van der Waals surface area contributed by atoms with Gasteiger partial charge in [-0.2, -0.15) is 5.10 Å². The van der Waals surface area contributed by atoms with Crippen molar-refractivity contribution < 1.29 is 13.3 Å². The maximum atomic E-state index is 11.4. The first-order valence-corrected chi connectivity index (χ1v) is 9.43. The maximum Gasteiger partial charge on any atom is 0.293 e. The van der Waals surface area contributed by atoms with Crippen molar-refractivity contribution in [1.29, 1.82) is 0 Å². The zero-order valence-electron chi connectivity index (χ0n) is 14.4. The molecule has 0 amide bonds. The normalized spacial score (nSPS) is 11.3. The molecule has 10 heteroatoms. The van der Waals surface area contributed by atoms with Gasteiger partial charge >= 0.3 is 0 Å². The second-order valence-electron chi connectivity index (χ2n) is 5.88. The zero-order valence-corrected chi connectivity index (χ0v) is 15.2. The lowest BCUT2D eigenvalue weighted by Gasteiger charge is -2.08. The number of aryl methyl sites for hydroxylation is 1. The fraction of sp³-hybridized carbons (Fsp3) is 0.118. The van der Waals surface area contributed by atoms with Crippen LogP contribution in [0.1, 0.15) is 5.56 Å². The van der Waals surface area contributed by atoms with Gasteiger partial charge in [-0.3, -0.25) is 14.8 Å². The molecule has 3 N–H and O–H groups in total. The van der Waals surface area contributed by atoms with Gasteiger partial charge in [0, 0.05) is 37.0 Å². The standard InChI is InChI=1S/C17H17N5O4S/c1-21-11-13(17(20-21)12-5-3-2-4-6-12)10-19-15-8-7-14(27(18,25)26)9-16(15)22(23)24/h2-9,11,19H,10H2,1H3,(H2,18,25,26). The SMILES string of the molecule is Cn1cc(CNc2ccc(S(N)(=O)=O)cc2[N+](=O)[O-])c(-c2ccccc2)n1. The quantitative estimate of drug-likeness (QED) is 0.492. The number of aromatic nitrogens is 2. The average Bonchev–Trinajstić information content (AvgIpc) is 3.00. The summed E-state index contributed by atoms with van der Waals surface area (Å²) in [5, 5.41) is 23.8. The molecule has 0 aliphatic heterocycles. The largest absolute Gasteiger partial charge is 0.375 e. The van der Waals surface area contributed by atoms with Crippen molar-refractivity contribution in [3.05, 3.63) is 70.4 Å². The molecule has 3 rings (SSSR count). The van der Waals surface area contributed by atoms with Gasteiger partial charge in [0.2, 0.25) is 10.0 Å². The van der Waals surface area contributed by atoms with Crippen LogP contribution in [-0.2, 0) is 23.6 Å². The van der Waals surface area contributed by atoms with E-state index in [0.29, 0.717) is 0 Å². The van der Waals surface area contributed by atoms with Crippen LogP contribution in [-0.4, -0.2) is 23.1 Å². The van der Waals surface area contributed by atoms with Gasteiger partial charge in [-0.05, 0) is 12.1 Å². The number of hydrogen-bond donors (Lipinski definition) is 2. The van der Waals surface area contributed by atoms with E-state index in [4.69, 9.17) is 5.14 Å². The van der Waals surface area contributed by atoms with Crippen LogP contribution in [0.5, 0.6) is 0 Å². The van der Waals surface area contributed by atoms with Crippen LogP contribution >= 0.6 is 0 Å². The number of primary sulfonamides is 1. The summed E-state index contributed by atoms with van der Waals surface area (Å²) in [5.74, 6) is 0. The Hall–Kier alpha value is -3.24. The number of anilines is 1. The van der Waals surface area contributed by atoms with Crippen molar-refractivity contribution in [2.24, 2.45) is 12.2 Å². The predicted octanol–water partition coefficient (Wildman–Crippen LogP) is 2.25. The van der Waals surface area contributed by atoms with E-state index in [1.54, 1.807) is 11.7 Å². The Kier molecular flexibility index (Phi) is 4.93. The Labute approximate surface area is 155 Å². The van der Waals surface area contributed by atoms with E-state index in [9.17, 15) is 18.5 Å². The molecule has 0 unspecified atom stereocenters. The Bertz CT molecular complexity index is 1090. The Morgan fingerprint density at radius 2 is 1.93 bits per heavy atom. The molecule has 1 aromatic heterocycles.